The lowest BCUT2D eigenvalue weighted by molar-refractivity contribution is -0.384. The molecule has 0 spiro atoms. The second-order valence-electron chi connectivity index (χ2n) is 5.78. The molecule has 27 heavy (non-hydrogen) atoms. The van der Waals surface area contributed by atoms with E-state index in [9.17, 15) is 14.9 Å². The molecule has 0 bridgehead atoms. The number of carbonyl (C=O) groups excluding carboxylic acids is 1. The molecule has 1 heterocycles. The number of nitro groups is 1. The predicted octanol–water partition coefficient (Wildman–Crippen LogP) is 3.99. The number of rotatable bonds is 6. The molecule has 0 saturated carbocycles. The first kappa shape index (κ1) is 18.6. The molecular weight excluding hydrogens is 368 g/mol. The number of carbonyl (C=O) groups is 1. The van der Waals surface area contributed by atoms with Crippen molar-refractivity contribution < 1.29 is 14.1 Å². The molecule has 1 N–H and O–H groups in total. The highest BCUT2D eigenvalue weighted by atomic mass is 32.2. The minimum Gasteiger partial charge on any atom is -0.411 e. The summed E-state index contributed by atoms with van der Waals surface area (Å²) < 4.78 is 5.45. The molecule has 0 saturated heterocycles. The van der Waals surface area contributed by atoms with E-state index in [1.165, 1.54) is 12.1 Å². The molecule has 0 atom stereocenters. The van der Waals surface area contributed by atoms with Crippen LogP contribution in [-0.4, -0.2) is 26.8 Å². The lowest BCUT2D eigenvalue weighted by Gasteiger charge is -2.06. The van der Waals surface area contributed by atoms with Gasteiger partial charge in [0.1, 0.15) is 5.56 Å². The zero-order chi connectivity index (χ0) is 19.4. The highest BCUT2D eigenvalue weighted by Crippen LogP contribution is 2.30. The molecule has 3 aromatic rings. The van der Waals surface area contributed by atoms with Gasteiger partial charge in [-0.2, -0.15) is 0 Å². The maximum Gasteiger partial charge on any atom is 0.282 e. The van der Waals surface area contributed by atoms with Crippen molar-refractivity contribution in [2.24, 2.45) is 0 Å². The van der Waals surface area contributed by atoms with Crippen LogP contribution in [0.2, 0.25) is 0 Å². The van der Waals surface area contributed by atoms with Crippen LogP contribution in [0.1, 0.15) is 11.1 Å². The van der Waals surface area contributed by atoms with E-state index < -0.39 is 4.92 Å². The first-order valence-electron chi connectivity index (χ1n) is 8.01. The van der Waals surface area contributed by atoms with Crippen molar-refractivity contribution in [2.45, 2.75) is 19.1 Å². The van der Waals surface area contributed by atoms with Gasteiger partial charge in [0.2, 0.25) is 5.91 Å². The average molecular weight is 384 g/mol. The minimum absolute atomic E-state index is 0.0411. The SMILES string of the molecule is Cc1ccc(NC(=O)CSc2nnc(-c3ccccc3[N+](=O)[O-])o2)cc1C. The van der Waals surface area contributed by atoms with E-state index in [-0.39, 0.29) is 34.0 Å². The topological polar surface area (TPSA) is 111 Å². The Morgan fingerprint density at radius 3 is 2.70 bits per heavy atom. The van der Waals surface area contributed by atoms with E-state index in [0.29, 0.717) is 0 Å². The number of nitro benzene ring substituents is 1. The van der Waals surface area contributed by atoms with Crippen molar-refractivity contribution in [2.75, 3.05) is 11.1 Å². The van der Waals surface area contributed by atoms with Gasteiger partial charge in [-0.3, -0.25) is 14.9 Å². The summed E-state index contributed by atoms with van der Waals surface area (Å²) in [6, 6.07) is 11.8. The molecule has 138 valence electrons. The molecule has 9 heteroatoms. The number of para-hydroxylation sites is 1. The van der Waals surface area contributed by atoms with E-state index in [4.69, 9.17) is 4.42 Å². The highest BCUT2D eigenvalue weighted by molar-refractivity contribution is 7.99. The monoisotopic (exact) mass is 384 g/mol. The number of amides is 1. The fourth-order valence-corrected chi connectivity index (χ4v) is 2.90. The van der Waals surface area contributed by atoms with Crippen LogP contribution in [0.15, 0.2) is 52.1 Å². The Balaban J connectivity index is 1.64. The lowest BCUT2D eigenvalue weighted by atomic mass is 10.1. The number of anilines is 1. The first-order chi connectivity index (χ1) is 12.9. The smallest absolute Gasteiger partial charge is 0.282 e. The van der Waals surface area contributed by atoms with E-state index in [0.717, 1.165) is 28.6 Å². The fraction of sp³-hybridized carbons (Fsp3) is 0.167. The van der Waals surface area contributed by atoms with Crippen LogP contribution in [-0.2, 0) is 4.79 Å². The third kappa shape index (κ3) is 4.50. The second kappa shape index (κ2) is 8.00. The average Bonchev–Trinajstić information content (AvgIpc) is 3.12. The third-order valence-corrected chi connectivity index (χ3v) is 4.67. The summed E-state index contributed by atoms with van der Waals surface area (Å²) in [6.07, 6.45) is 0. The summed E-state index contributed by atoms with van der Waals surface area (Å²) in [5, 5.41) is 21.7. The Labute approximate surface area is 159 Å². The van der Waals surface area contributed by atoms with Crippen LogP contribution < -0.4 is 5.32 Å². The molecule has 3 rings (SSSR count). The van der Waals surface area contributed by atoms with Gasteiger partial charge >= 0.3 is 0 Å². The number of aromatic nitrogens is 2. The molecule has 1 amide bonds. The Bertz CT molecular complexity index is 1000. The Hall–Kier alpha value is -3.20. The normalized spacial score (nSPS) is 10.6. The molecule has 8 nitrogen and oxygen atoms in total. The third-order valence-electron chi connectivity index (χ3n) is 3.86. The number of thioether (sulfide) groups is 1. The van der Waals surface area contributed by atoms with Crippen molar-refractivity contribution in [1.29, 1.82) is 0 Å². The number of aryl methyl sites for hydroxylation is 2. The van der Waals surface area contributed by atoms with Crippen molar-refractivity contribution >= 4 is 29.0 Å². The summed E-state index contributed by atoms with van der Waals surface area (Å²) in [5.74, 6) is -0.0982. The van der Waals surface area contributed by atoms with Gasteiger partial charge in [-0.25, -0.2) is 0 Å². The molecular formula is C18H16N4O4S. The summed E-state index contributed by atoms with van der Waals surface area (Å²) in [6.45, 7) is 3.98. The van der Waals surface area contributed by atoms with Crippen LogP contribution in [0.5, 0.6) is 0 Å². The molecule has 0 aliphatic heterocycles. The zero-order valence-electron chi connectivity index (χ0n) is 14.6. The summed E-state index contributed by atoms with van der Waals surface area (Å²) in [5.41, 5.74) is 3.07. The molecule has 1 aromatic heterocycles. The van der Waals surface area contributed by atoms with Crippen molar-refractivity contribution in [3.8, 4) is 11.5 Å². The van der Waals surface area contributed by atoms with Gasteiger partial charge in [-0.05, 0) is 43.2 Å². The first-order valence-corrected chi connectivity index (χ1v) is 9.00. The summed E-state index contributed by atoms with van der Waals surface area (Å²) >= 11 is 1.06. The van der Waals surface area contributed by atoms with Crippen LogP contribution in [0.3, 0.4) is 0 Å². The van der Waals surface area contributed by atoms with Crippen LogP contribution in [0.4, 0.5) is 11.4 Å². The number of nitrogens with zero attached hydrogens (tertiary/aromatic N) is 3. The quantitative estimate of drug-likeness (QED) is 0.388. The standard InChI is InChI=1S/C18H16N4O4S/c1-11-7-8-13(9-12(11)2)19-16(23)10-27-18-21-20-17(26-18)14-5-3-4-6-15(14)22(24)25/h3-9H,10H2,1-2H3,(H,19,23). The molecule has 0 aliphatic carbocycles. The lowest BCUT2D eigenvalue weighted by Crippen LogP contribution is -2.14. The van der Waals surface area contributed by atoms with Crippen molar-refractivity contribution in [1.82, 2.24) is 10.2 Å². The zero-order valence-corrected chi connectivity index (χ0v) is 15.4. The van der Waals surface area contributed by atoms with E-state index in [1.54, 1.807) is 12.1 Å². The minimum atomic E-state index is -0.511. The van der Waals surface area contributed by atoms with Gasteiger partial charge < -0.3 is 9.73 Å². The maximum absolute atomic E-state index is 12.1. The Morgan fingerprint density at radius 2 is 1.96 bits per heavy atom. The molecule has 2 aromatic carbocycles. The molecule has 0 fully saturated rings. The van der Waals surface area contributed by atoms with Crippen LogP contribution >= 0.6 is 11.8 Å². The van der Waals surface area contributed by atoms with Crippen molar-refractivity contribution in [3.05, 3.63) is 63.7 Å². The van der Waals surface area contributed by atoms with E-state index in [1.807, 2.05) is 32.0 Å². The molecule has 0 aliphatic rings. The van der Waals surface area contributed by atoms with Crippen molar-refractivity contribution in [3.63, 3.8) is 0 Å². The van der Waals surface area contributed by atoms with Gasteiger partial charge in [0.05, 0.1) is 10.7 Å². The van der Waals surface area contributed by atoms with Gasteiger partial charge in [0.15, 0.2) is 0 Å². The number of hydrogen-bond acceptors (Lipinski definition) is 7. The second-order valence-corrected chi connectivity index (χ2v) is 6.71. The largest absolute Gasteiger partial charge is 0.411 e. The van der Waals surface area contributed by atoms with Gasteiger partial charge in [0.25, 0.3) is 16.8 Å². The Morgan fingerprint density at radius 1 is 1.19 bits per heavy atom. The number of nitrogens with one attached hydrogen (secondary N) is 1. The number of hydrogen-bond donors (Lipinski definition) is 1. The van der Waals surface area contributed by atoms with Gasteiger partial charge in [0, 0.05) is 11.8 Å². The summed E-state index contributed by atoms with van der Waals surface area (Å²) in [4.78, 5) is 22.7. The maximum atomic E-state index is 12.1. The van der Waals surface area contributed by atoms with Gasteiger partial charge in [-0.1, -0.05) is 30.0 Å². The molecule has 0 radical (unpaired) electrons. The fourth-order valence-electron chi connectivity index (χ4n) is 2.33. The van der Waals surface area contributed by atoms with Crippen LogP contribution in [0.25, 0.3) is 11.5 Å². The number of benzene rings is 2. The van der Waals surface area contributed by atoms with E-state index in [2.05, 4.69) is 15.5 Å². The molecule has 0 unspecified atom stereocenters. The predicted molar refractivity (Wildman–Crippen MR) is 102 cm³/mol. The highest BCUT2D eigenvalue weighted by Gasteiger charge is 2.20. The van der Waals surface area contributed by atoms with E-state index >= 15 is 0 Å². The van der Waals surface area contributed by atoms with Crippen LogP contribution in [0, 0.1) is 24.0 Å². The van der Waals surface area contributed by atoms with Gasteiger partial charge in [-0.15, -0.1) is 10.2 Å². The Kier molecular flexibility index (Phi) is 5.51. The summed E-state index contributed by atoms with van der Waals surface area (Å²) in [7, 11) is 0.